The predicted molar refractivity (Wildman–Crippen MR) is 106 cm³/mol. The highest BCUT2D eigenvalue weighted by atomic mass is 16.5. The summed E-state index contributed by atoms with van der Waals surface area (Å²) in [6.45, 7) is 10.8. The number of carbonyl (C=O) groups excluding carboxylic acids is 1. The molecule has 2 rings (SSSR count). The van der Waals surface area contributed by atoms with Crippen LogP contribution in [0.3, 0.4) is 0 Å². The molecule has 0 aliphatic heterocycles. The van der Waals surface area contributed by atoms with Crippen LogP contribution in [0.1, 0.15) is 66.2 Å². The summed E-state index contributed by atoms with van der Waals surface area (Å²) in [6, 6.07) is 0.433. The molecule has 3 N–H and O–H groups in total. The molecule has 6 nitrogen and oxygen atoms in total. The van der Waals surface area contributed by atoms with Gasteiger partial charge >= 0.3 is 0 Å². The molecule has 0 saturated heterocycles. The number of carbonyl (C=O) groups is 1. The minimum Gasteiger partial charge on any atom is -0.378 e. The molecule has 1 amide bonds. The summed E-state index contributed by atoms with van der Waals surface area (Å²) >= 11 is 0. The summed E-state index contributed by atoms with van der Waals surface area (Å²) in [5, 5.41) is 9.93. The van der Waals surface area contributed by atoms with E-state index in [0.29, 0.717) is 25.2 Å². The summed E-state index contributed by atoms with van der Waals surface area (Å²) in [6.07, 6.45) is 7.89. The molecule has 0 radical (unpaired) electrons. The van der Waals surface area contributed by atoms with Crippen molar-refractivity contribution in [3.05, 3.63) is 0 Å². The van der Waals surface area contributed by atoms with Crippen molar-refractivity contribution in [3.8, 4) is 0 Å². The van der Waals surface area contributed by atoms with E-state index in [1.165, 1.54) is 32.1 Å². The molecule has 0 aromatic rings. The molecule has 6 heteroatoms. The second-order valence-corrected chi connectivity index (χ2v) is 7.88. The SMILES string of the molecule is CCNC(=NCCNC(=O)C(C)C)NC1CC(OCC)C12CCCCC2. The first-order valence-electron chi connectivity index (χ1n) is 10.5. The van der Waals surface area contributed by atoms with Gasteiger partial charge in [-0.05, 0) is 33.1 Å². The zero-order valence-electron chi connectivity index (χ0n) is 17.1. The Morgan fingerprint density at radius 3 is 2.54 bits per heavy atom. The van der Waals surface area contributed by atoms with Gasteiger partial charge in [-0.2, -0.15) is 0 Å². The number of aliphatic imine (C=N–C) groups is 1. The fraction of sp³-hybridized carbons (Fsp3) is 0.900. The van der Waals surface area contributed by atoms with Crippen molar-refractivity contribution in [2.75, 3.05) is 26.2 Å². The molecule has 0 heterocycles. The third kappa shape index (κ3) is 5.12. The molecule has 0 bridgehead atoms. The average Bonchev–Trinajstić information content (AvgIpc) is 2.64. The maximum absolute atomic E-state index is 11.6. The third-order valence-electron chi connectivity index (χ3n) is 5.80. The molecule has 2 saturated carbocycles. The Balaban J connectivity index is 1.91. The number of rotatable bonds is 8. The van der Waals surface area contributed by atoms with E-state index >= 15 is 0 Å². The quantitative estimate of drug-likeness (QED) is 0.350. The number of ether oxygens (including phenoxy) is 1. The third-order valence-corrected chi connectivity index (χ3v) is 5.80. The summed E-state index contributed by atoms with van der Waals surface area (Å²) in [5.41, 5.74) is 0.274. The number of guanidine groups is 1. The minimum absolute atomic E-state index is 0.0157. The highest BCUT2D eigenvalue weighted by Crippen LogP contribution is 2.53. The molecule has 26 heavy (non-hydrogen) atoms. The number of hydrogen-bond donors (Lipinski definition) is 3. The predicted octanol–water partition coefficient (Wildman–Crippen LogP) is 2.44. The van der Waals surface area contributed by atoms with Crippen LogP contribution < -0.4 is 16.0 Å². The monoisotopic (exact) mass is 366 g/mol. The van der Waals surface area contributed by atoms with Crippen molar-refractivity contribution >= 4 is 11.9 Å². The fourth-order valence-corrected chi connectivity index (χ4v) is 4.30. The van der Waals surface area contributed by atoms with Crippen molar-refractivity contribution in [1.82, 2.24) is 16.0 Å². The van der Waals surface area contributed by atoms with Gasteiger partial charge in [0.15, 0.2) is 5.96 Å². The molecule has 0 aromatic carbocycles. The largest absolute Gasteiger partial charge is 0.378 e. The molecule has 150 valence electrons. The maximum Gasteiger partial charge on any atom is 0.222 e. The molecule has 2 aliphatic carbocycles. The topological polar surface area (TPSA) is 74.8 Å². The van der Waals surface area contributed by atoms with E-state index in [9.17, 15) is 4.79 Å². The molecule has 2 fully saturated rings. The van der Waals surface area contributed by atoms with Gasteiger partial charge in [0.1, 0.15) is 0 Å². The van der Waals surface area contributed by atoms with E-state index in [1.807, 2.05) is 13.8 Å². The van der Waals surface area contributed by atoms with Crippen molar-refractivity contribution in [3.63, 3.8) is 0 Å². The zero-order valence-corrected chi connectivity index (χ0v) is 17.1. The van der Waals surface area contributed by atoms with Crippen LogP contribution in [-0.4, -0.2) is 50.3 Å². The molecule has 2 unspecified atom stereocenters. The summed E-state index contributed by atoms with van der Waals surface area (Å²) in [4.78, 5) is 16.3. The summed E-state index contributed by atoms with van der Waals surface area (Å²) in [7, 11) is 0. The van der Waals surface area contributed by atoms with Crippen molar-refractivity contribution in [2.24, 2.45) is 16.3 Å². The van der Waals surface area contributed by atoms with E-state index in [4.69, 9.17) is 4.74 Å². The second kappa shape index (κ2) is 10.1. The number of amides is 1. The van der Waals surface area contributed by atoms with E-state index in [1.54, 1.807) is 0 Å². The van der Waals surface area contributed by atoms with Gasteiger partial charge < -0.3 is 20.7 Å². The molecule has 2 aliphatic rings. The fourth-order valence-electron chi connectivity index (χ4n) is 4.30. The van der Waals surface area contributed by atoms with E-state index in [2.05, 4.69) is 34.8 Å². The molecular weight excluding hydrogens is 328 g/mol. The van der Waals surface area contributed by atoms with E-state index < -0.39 is 0 Å². The first-order chi connectivity index (χ1) is 12.5. The van der Waals surface area contributed by atoms with Crippen LogP contribution in [0.25, 0.3) is 0 Å². The van der Waals surface area contributed by atoms with Gasteiger partial charge in [-0.3, -0.25) is 9.79 Å². The van der Waals surface area contributed by atoms with Gasteiger partial charge in [-0.15, -0.1) is 0 Å². The Labute approximate surface area is 158 Å². The van der Waals surface area contributed by atoms with Gasteiger partial charge in [0.2, 0.25) is 5.91 Å². The highest BCUT2D eigenvalue weighted by molar-refractivity contribution is 5.80. The van der Waals surface area contributed by atoms with Crippen LogP contribution in [0, 0.1) is 11.3 Å². The van der Waals surface area contributed by atoms with Crippen LogP contribution in [0.15, 0.2) is 4.99 Å². The Bertz CT molecular complexity index is 472. The first-order valence-corrected chi connectivity index (χ1v) is 10.5. The second-order valence-electron chi connectivity index (χ2n) is 7.88. The first kappa shape index (κ1) is 21.0. The lowest BCUT2D eigenvalue weighted by Gasteiger charge is -2.58. The van der Waals surface area contributed by atoms with Crippen LogP contribution in [0.2, 0.25) is 0 Å². The van der Waals surface area contributed by atoms with Crippen LogP contribution in [-0.2, 0) is 9.53 Å². The van der Waals surface area contributed by atoms with Crippen LogP contribution in [0.5, 0.6) is 0 Å². The van der Waals surface area contributed by atoms with Crippen molar-refractivity contribution in [2.45, 2.75) is 78.4 Å². The van der Waals surface area contributed by atoms with Crippen molar-refractivity contribution < 1.29 is 9.53 Å². The highest BCUT2D eigenvalue weighted by Gasteiger charge is 2.55. The Hall–Kier alpha value is -1.30. The Morgan fingerprint density at radius 2 is 1.92 bits per heavy atom. The lowest BCUT2D eigenvalue weighted by molar-refractivity contribution is -0.145. The molecule has 1 spiro atoms. The van der Waals surface area contributed by atoms with Gasteiger partial charge in [-0.25, -0.2) is 0 Å². The summed E-state index contributed by atoms with van der Waals surface area (Å²) in [5.74, 6) is 0.955. The lowest BCUT2D eigenvalue weighted by Crippen LogP contribution is -2.66. The van der Waals surface area contributed by atoms with Gasteiger partial charge in [-0.1, -0.05) is 33.1 Å². The normalized spacial score (nSPS) is 25.0. The number of nitrogens with one attached hydrogen (secondary N) is 3. The van der Waals surface area contributed by atoms with Crippen LogP contribution in [0.4, 0.5) is 0 Å². The minimum atomic E-state index is 0.0157. The molecule has 2 atom stereocenters. The number of hydrogen-bond acceptors (Lipinski definition) is 3. The maximum atomic E-state index is 11.6. The number of nitrogens with zero attached hydrogens (tertiary/aromatic N) is 1. The standard InChI is InChI=1S/C20H38N4O2/c1-5-21-19(23-13-12-22-18(25)15(3)4)24-16-14-17(26-6-2)20(16)10-8-7-9-11-20/h15-17H,5-14H2,1-4H3,(H,22,25)(H2,21,23,24). The summed E-state index contributed by atoms with van der Waals surface area (Å²) < 4.78 is 6.04. The average molecular weight is 367 g/mol. The van der Waals surface area contributed by atoms with Crippen LogP contribution >= 0.6 is 0 Å². The zero-order chi connectivity index (χ0) is 19.0. The molecular formula is C20H38N4O2. The van der Waals surface area contributed by atoms with Gasteiger partial charge in [0.05, 0.1) is 12.6 Å². The smallest absolute Gasteiger partial charge is 0.222 e. The lowest BCUT2D eigenvalue weighted by atomic mass is 9.55. The van der Waals surface area contributed by atoms with E-state index in [-0.39, 0.29) is 17.2 Å². The molecule has 0 aromatic heterocycles. The van der Waals surface area contributed by atoms with Gasteiger partial charge in [0.25, 0.3) is 0 Å². The van der Waals surface area contributed by atoms with E-state index in [0.717, 1.165) is 25.5 Å². The Kier molecular flexibility index (Phi) is 8.19. The van der Waals surface area contributed by atoms with Gasteiger partial charge in [0, 0.05) is 37.1 Å². The Morgan fingerprint density at radius 1 is 1.19 bits per heavy atom. The van der Waals surface area contributed by atoms with Crippen molar-refractivity contribution in [1.29, 1.82) is 0 Å².